The minimum atomic E-state index is -0.0272. The molecule has 0 unspecified atom stereocenters. The second-order valence-corrected chi connectivity index (χ2v) is 6.47. The Morgan fingerprint density at radius 1 is 1.33 bits per heavy atom. The van der Waals surface area contributed by atoms with Gasteiger partial charge in [-0.1, -0.05) is 16.4 Å². The van der Waals surface area contributed by atoms with Crippen molar-refractivity contribution in [2.75, 3.05) is 0 Å². The van der Waals surface area contributed by atoms with E-state index in [2.05, 4.69) is 27.7 Å². The Balaban J connectivity index is 3.18. The van der Waals surface area contributed by atoms with Crippen LogP contribution in [0, 0.1) is 5.41 Å². The minimum Gasteiger partial charge on any atom is -0.211 e. The quantitative estimate of drug-likeness (QED) is 0.461. The highest BCUT2D eigenvalue weighted by atomic mass is 33.1. The normalized spacial score (nSPS) is 21.3. The van der Waals surface area contributed by atoms with Crippen molar-refractivity contribution in [3.63, 3.8) is 0 Å². The molecule has 0 aromatic rings. The fourth-order valence-corrected chi connectivity index (χ4v) is 5.49. The molecule has 0 aliphatic carbocycles. The van der Waals surface area contributed by atoms with Crippen LogP contribution in [0.1, 0.15) is 27.7 Å². The Kier molecular flexibility index (Phi) is 3.12. The van der Waals surface area contributed by atoms with Gasteiger partial charge in [0, 0.05) is 10.3 Å². The molecule has 1 heterocycles. The van der Waals surface area contributed by atoms with Crippen LogP contribution in [0.25, 0.3) is 0 Å². The van der Waals surface area contributed by atoms with Crippen molar-refractivity contribution in [1.29, 1.82) is 0 Å². The van der Waals surface area contributed by atoms with Crippen molar-refractivity contribution < 1.29 is 4.21 Å². The summed E-state index contributed by atoms with van der Waals surface area (Å²) in [6, 6.07) is 0. The zero-order valence-electron chi connectivity index (χ0n) is 7.63. The molecule has 1 aliphatic heterocycles. The summed E-state index contributed by atoms with van der Waals surface area (Å²) in [6.45, 7) is 8.43. The van der Waals surface area contributed by atoms with Crippen LogP contribution in [0.3, 0.4) is 0 Å². The summed E-state index contributed by atoms with van der Waals surface area (Å²) in [5, 5.41) is 0. The van der Waals surface area contributed by atoms with Gasteiger partial charge in [-0.25, -0.2) is 4.21 Å². The third-order valence-corrected chi connectivity index (χ3v) is 6.32. The highest BCUT2D eigenvalue weighted by Gasteiger charge is 2.37. The lowest BCUT2D eigenvalue weighted by Gasteiger charge is -2.18. The van der Waals surface area contributed by atoms with E-state index in [1.807, 2.05) is 0 Å². The van der Waals surface area contributed by atoms with Gasteiger partial charge in [0.15, 0.2) is 0 Å². The lowest BCUT2D eigenvalue weighted by molar-refractivity contribution is 0.675. The highest BCUT2D eigenvalue weighted by Crippen LogP contribution is 2.54. The van der Waals surface area contributed by atoms with Gasteiger partial charge in [-0.2, -0.15) is 0 Å². The van der Waals surface area contributed by atoms with Gasteiger partial charge in [0.2, 0.25) is 0 Å². The van der Waals surface area contributed by atoms with E-state index < -0.39 is 0 Å². The van der Waals surface area contributed by atoms with E-state index >= 15 is 0 Å². The third-order valence-electron chi connectivity index (χ3n) is 1.81. The summed E-state index contributed by atoms with van der Waals surface area (Å²) in [7, 11) is 3.34. The molecule has 0 atom stereocenters. The smallest absolute Gasteiger partial charge is 0.101 e. The van der Waals surface area contributed by atoms with E-state index in [1.165, 1.54) is 10.5 Å². The average molecular weight is 220 g/mol. The molecule has 0 aromatic carbocycles. The molecule has 0 spiro atoms. The second-order valence-electron chi connectivity index (χ2n) is 3.49. The number of hydrogen-bond donors (Lipinski definition) is 0. The van der Waals surface area contributed by atoms with Gasteiger partial charge in [-0.3, -0.25) is 0 Å². The van der Waals surface area contributed by atoms with Gasteiger partial charge >= 0.3 is 0 Å². The van der Waals surface area contributed by atoms with Crippen molar-refractivity contribution in [2.24, 2.45) is 5.41 Å². The maximum absolute atomic E-state index is 10.7. The molecule has 0 N–H and O–H groups in total. The summed E-state index contributed by atoms with van der Waals surface area (Å²) < 4.78 is 11.7. The first-order valence-electron chi connectivity index (χ1n) is 3.70. The monoisotopic (exact) mass is 220 g/mol. The second kappa shape index (κ2) is 3.60. The van der Waals surface area contributed by atoms with Gasteiger partial charge in [-0.05, 0) is 38.5 Å². The van der Waals surface area contributed by atoms with Crippen molar-refractivity contribution in [3.05, 3.63) is 10.5 Å². The first-order chi connectivity index (χ1) is 5.50. The topological polar surface area (TPSA) is 17.1 Å². The lowest BCUT2D eigenvalue weighted by Crippen LogP contribution is -2.17. The van der Waals surface area contributed by atoms with E-state index in [9.17, 15) is 4.21 Å². The number of rotatable bonds is 0. The highest BCUT2D eigenvalue weighted by molar-refractivity contribution is 8.85. The Morgan fingerprint density at radius 3 is 2.17 bits per heavy atom. The first-order valence-corrected chi connectivity index (χ1v) is 6.59. The Labute approximate surface area is 84.9 Å². The van der Waals surface area contributed by atoms with Gasteiger partial charge in [0.1, 0.15) is 11.3 Å². The summed E-state index contributed by atoms with van der Waals surface area (Å²) in [6.07, 6.45) is 0. The van der Waals surface area contributed by atoms with Crippen LogP contribution in [-0.2, 0) is 11.3 Å². The zero-order valence-corrected chi connectivity index (χ0v) is 10.1. The van der Waals surface area contributed by atoms with Crippen LogP contribution in [0.5, 0.6) is 0 Å². The molecule has 1 saturated heterocycles. The van der Waals surface area contributed by atoms with Crippen molar-refractivity contribution in [3.8, 4) is 0 Å². The van der Waals surface area contributed by atoms with E-state index in [0.29, 0.717) is 11.3 Å². The maximum Gasteiger partial charge on any atom is 0.101 e. The fourth-order valence-electron chi connectivity index (χ4n) is 1.21. The van der Waals surface area contributed by atoms with Crippen LogP contribution < -0.4 is 0 Å². The summed E-state index contributed by atoms with van der Waals surface area (Å²) in [5.74, 6) is 0. The summed E-state index contributed by atoms with van der Waals surface area (Å²) in [5.41, 5.74) is 1.29. The fraction of sp³-hybridized carbons (Fsp3) is 0.625. The van der Waals surface area contributed by atoms with Crippen molar-refractivity contribution in [1.82, 2.24) is 0 Å². The largest absolute Gasteiger partial charge is 0.211 e. The van der Waals surface area contributed by atoms with Crippen LogP contribution in [-0.4, -0.2) is 8.41 Å². The van der Waals surface area contributed by atoms with Gasteiger partial charge < -0.3 is 0 Å². The number of hydrogen-bond acceptors (Lipinski definition) is 3. The molecule has 0 radical (unpaired) electrons. The maximum atomic E-state index is 10.7. The van der Waals surface area contributed by atoms with E-state index in [4.69, 9.17) is 0 Å². The van der Waals surface area contributed by atoms with Crippen LogP contribution in [0.2, 0.25) is 0 Å². The molecule has 1 fully saturated rings. The molecule has 0 saturated carbocycles. The molecular formula is C8H12OS3. The average Bonchev–Trinajstić information content (AvgIpc) is 2.24. The Morgan fingerprint density at radius 2 is 1.92 bits per heavy atom. The molecule has 0 aromatic heterocycles. The van der Waals surface area contributed by atoms with E-state index in [1.54, 1.807) is 21.6 Å². The predicted octanol–water partition coefficient (Wildman–Crippen LogP) is 3.04. The summed E-state index contributed by atoms with van der Waals surface area (Å²) in [4.78, 5) is 1.34. The molecule has 1 nitrogen and oxygen atoms in total. The molecule has 1 rings (SSSR count). The molecule has 0 bridgehead atoms. The molecule has 68 valence electrons. The first kappa shape index (κ1) is 10.4. The van der Waals surface area contributed by atoms with Gasteiger partial charge in [-0.15, -0.1) is 0 Å². The van der Waals surface area contributed by atoms with E-state index in [-0.39, 0.29) is 5.41 Å². The van der Waals surface area contributed by atoms with Gasteiger partial charge in [0.25, 0.3) is 0 Å². The standard InChI is InChI=1S/C8H12OS3/c1-5(2)6-8(3,4)7(10-9)12-11-6/h1-4H3. The SMILES string of the molecule is CC(C)=C1SSC(=S=O)C1(C)C. The Bertz CT molecular complexity index is 281. The lowest BCUT2D eigenvalue weighted by atomic mass is 9.93. The van der Waals surface area contributed by atoms with Crippen molar-refractivity contribution in [2.45, 2.75) is 27.7 Å². The molecule has 0 amide bonds. The van der Waals surface area contributed by atoms with Crippen LogP contribution in [0.4, 0.5) is 0 Å². The van der Waals surface area contributed by atoms with Crippen LogP contribution in [0.15, 0.2) is 10.5 Å². The summed E-state index contributed by atoms with van der Waals surface area (Å²) >= 11 is 0.635. The molecular weight excluding hydrogens is 208 g/mol. The zero-order chi connectivity index (χ0) is 9.35. The van der Waals surface area contributed by atoms with E-state index in [0.717, 1.165) is 4.20 Å². The molecule has 1 aliphatic rings. The predicted molar refractivity (Wildman–Crippen MR) is 60.5 cm³/mol. The Hall–Kier alpha value is 0.330. The van der Waals surface area contributed by atoms with Gasteiger partial charge in [0.05, 0.1) is 4.20 Å². The molecule has 12 heavy (non-hydrogen) atoms. The number of allylic oxidation sites excluding steroid dienone is 2. The minimum absolute atomic E-state index is 0.0272. The molecule has 4 heteroatoms. The van der Waals surface area contributed by atoms with Crippen LogP contribution >= 0.6 is 21.6 Å². The third kappa shape index (κ3) is 1.65. The van der Waals surface area contributed by atoms with Crippen molar-refractivity contribution >= 4 is 37.0 Å².